The second-order valence-electron chi connectivity index (χ2n) is 6.98. The van der Waals surface area contributed by atoms with Gasteiger partial charge in [-0.15, -0.1) is 13.2 Å². The number of para-hydroxylation sites is 1. The molecule has 2 aromatic rings. The number of ether oxygens (including phenoxy) is 1. The second-order valence-corrected chi connectivity index (χ2v) is 6.98. The van der Waals surface area contributed by atoms with Crippen LogP contribution in [0, 0.1) is 5.92 Å². The summed E-state index contributed by atoms with van der Waals surface area (Å²) in [5, 5.41) is 2.85. The highest BCUT2D eigenvalue weighted by molar-refractivity contribution is 5.97. The number of nitrogens with zero attached hydrogens (tertiary/aromatic N) is 3. The number of carbonyl (C=O) groups is 1. The molecular weight excluding hydrogens is 373 g/mol. The van der Waals surface area contributed by atoms with E-state index in [4.69, 9.17) is 0 Å². The van der Waals surface area contributed by atoms with E-state index in [1.807, 2.05) is 0 Å². The number of hydrogen-bond acceptors (Lipinski definition) is 5. The lowest BCUT2D eigenvalue weighted by Crippen LogP contribution is -2.23. The van der Waals surface area contributed by atoms with Crippen LogP contribution >= 0.6 is 0 Å². The maximum Gasteiger partial charge on any atom is 0.573 e. The first-order valence-electron chi connectivity index (χ1n) is 9.13. The third-order valence-corrected chi connectivity index (χ3v) is 5.03. The van der Waals surface area contributed by atoms with Crippen molar-refractivity contribution in [2.75, 3.05) is 23.3 Å². The Balaban J connectivity index is 1.47. The van der Waals surface area contributed by atoms with Gasteiger partial charge in [-0.3, -0.25) is 4.79 Å². The molecule has 28 heavy (non-hydrogen) atoms. The van der Waals surface area contributed by atoms with E-state index in [1.165, 1.54) is 18.5 Å². The molecular formula is C19H19F3N4O2. The van der Waals surface area contributed by atoms with Crippen LogP contribution < -0.4 is 15.0 Å². The largest absolute Gasteiger partial charge is 0.573 e. The minimum absolute atomic E-state index is 0.248. The number of benzene rings is 1. The third kappa shape index (κ3) is 4.02. The monoisotopic (exact) mass is 392 g/mol. The number of alkyl halides is 3. The second kappa shape index (κ2) is 7.29. The summed E-state index contributed by atoms with van der Waals surface area (Å²) < 4.78 is 42.0. The number of aromatic nitrogens is 2. The van der Waals surface area contributed by atoms with Gasteiger partial charge < -0.3 is 15.0 Å². The molecule has 1 amide bonds. The fourth-order valence-electron chi connectivity index (χ4n) is 3.65. The standard InChI is InChI=1S/C19H19F3N4O2/c20-19(21,22)28-16-6-2-1-5-12(16)13-9-14(13)18(27)25-15-10-23-11-24-17(15)26-7-3-4-8-26/h1-2,5-6,10-11,13-14H,3-4,7-9H2,(H,25,27)/t13-,14-/m0/s1. The number of nitrogens with one attached hydrogen (secondary N) is 1. The number of carbonyl (C=O) groups excluding carboxylic acids is 1. The van der Waals surface area contributed by atoms with E-state index in [2.05, 4.69) is 24.9 Å². The molecule has 2 heterocycles. The van der Waals surface area contributed by atoms with Gasteiger partial charge in [0.25, 0.3) is 0 Å². The maximum absolute atomic E-state index is 12.7. The van der Waals surface area contributed by atoms with E-state index in [9.17, 15) is 18.0 Å². The molecule has 2 fully saturated rings. The Morgan fingerprint density at radius 1 is 1.21 bits per heavy atom. The molecule has 2 aliphatic rings. The zero-order chi connectivity index (χ0) is 19.7. The summed E-state index contributed by atoms with van der Waals surface area (Å²) in [4.78, 5) is 23.0. The number of halogens is 3. The molecule has 0 spiro atoms. The molecule has 1 N–H and O–H groups in total. The van der Waals surface area contributed by atoms with Crippen molar-refractivity contribution in [3.05, 3.63) is 42.4 Å². The molecule has 1 saturated carbocycles. The fourth-order valence-corrected chi connectivity index (χ4v) is 3.65. The third-order valence-electron chi connectivity index (χ3n) is 5.03. The minimum Gasteiger partial charge on any atom is -0.405 e. The van der Waals surface area contributed by atoms with Crippen LogP contribution in [0.25, 0.3) is 0 Å². The van der Waals surface area contributed by atoms with Crippen molar-refractivity contribution in [2.45, 2.75) is 31.5 Å². The first-order chi connectivity index (χ1) is 13.4. The van der Waals surface area contributed by atoms with Crippen molar-refractivity contribution in [3.63, 3.8) is 0 Å². The Labute approximate surface area is 159 Å². The highest BCUT2D eigenvalue weighted by Crippen LogP contribution is 2.51. The summed E-state index contributed by atoms with van der Waals surface area (Å²) in [7, 11) is 0. The number of rotatable bonds is 5. The molecule has 6 nitrogen and oxygen atoms in total. The van der Waals surface area contributed by atoms with Crippen LogP contribution in [0.2, 0.25) is 0 Å². The van der Waals surface area contributed by atoms with Gasteiger partial charge in [0.15, 0.2) is 5.82 Å². The van der Waals surface area contributed by atoms with Crippen molar-refractivity contribution >= 4 is 17.4 Å². The van der Waals surface area contributed by atoms with Gasteiger partial charge in [-0.1, -0.05) is 18.2 Å². The zero-order valence-corrected chi connectivity index (χ0v) is 14.9. The molecule has 4 rings (SSSR count). The molecule has 1 aliphatic carbocycles. The van der Waals surface area contributed by atoms with Gasteiger partial charge in [-0.05, 0) is 36.8 Å². The normalized spacial score (nSPS) is 21.5. The van der Waals surface area contributed by atoms with Gasteiger partial charge in [0.05, 0.1) is 6.20 Å². The molecule has 1 aromatic carbocycles. The van der Waals surface area contributed by atoms with Crippen LogP contribution in [-0.2, 0) is 4.79 Å². The Morgan fingerprint density at radius 3 is 2.71 bits per heavy atom. The molecule has 1 aliphatic heterocycles. The van der Waals surface area contributed by atoms with Crippen molar-refractivity contribution in [3.8, 4) is 5.75 Å². The Morgan fingerprint density at radius 2 is 1.96 bits per heavy atom. The SMILES string of the molecule is O=C(Nc1cncnc1N1CCCC1)[C@H]1C[C@H]1c1ccccc1OC(F)(F)F. The van der Waals surface area contributed by atoms with Crippen LogP contribution in [0.1, 0.15) is 30.7 Å². The summed E-state index contributed by atoms with van der Waals surface area (Å²) in [5.74, 6) is -0.542. The van der Waals surface area contributed by atoms with E-state index in [-0.39, 0.29) is 17.6 Å². The topological polar surface area (TPSA) is 67.4 Å². The predicted molar refractivity (Wildman–Crippen MR) is 96.1 cm³/mol. The number of anilines is 2. The van der Waals surface area contributed by atoms with Crippen molar-refractivity contribution in [1.82, 2.24) is 9.97 Å². The molecule has 2 atom stereocenters. The summed E-state index contributed by atoms with van der Waals surface area (Å²) in [6, 6.07) is 5.96. The van der Waals surface area contributed by atoms with Gasteiger partial charge in [-0.25, -0.2) is 9.97 Å². The first kappa shape index (κ1) is 18.5. The lowest BCUT2D eigenvalue weighted by atomic mass is 10.1. The molecule has 148 valence electrons. The van der Waals surface area contributed by atoms with Gasteiger partial charge in [-0.2, -0.15) is 0 Å². The molecule has 1 aromatic heterocycles. The van der Waals surface area contributed by atoms with E-state index in [0.29, 0.717) is 23.5 Å². The summed E-state index contributed by atoms with van der Waals surface area (Å²) in [6.45, 7) is 1.74. The summed E-state index contributed by atoms with van der Waals surface area (Å²) in [6.07, 6.45) is 0.826. The van der Waals surface area contributed by atoms with Gasteiger partial charge in [0.1, 0.15) is 17.8 Å². The van der Waals surface area contributed by atoms with Crippen molar-refractivity contribution < 1.29 is 22.7 Å². The highest BCUT2D eigenvalue weighted by Gasteiger charge is 2.46. The van der Waals surface area contributed by atoms with Crippen LogP contribution in [0.3, 0.4) is 0 Å². The van der Waals surface area contributed by atoms with E-state index in [1.54, 1.807) is 18.3 Å². The maximum atomic E-state index is 12.7. The van der Waals surface area contributed by atoms with E-state index in [0.717, 1.165) is 25.9 Å². The zero-order valence-electron chi connectivity index (χ0n) is 14.9. The average molecular weight is 392 g/mol. The van der Waals surface area contributed by atoms with E-state index >= 15 is 0 Å². The highest BCUT2D eigenvalue weighted by atomic mass is 19.4. The quantitative estimate of drug-likeness (QED) is 0.840. The van der Waals surface area contributed by atoms with Gasteiger partial charge >= 0.3 is 6.36 Å². The first-order valence-corrected chi connectivity index (χ1v) is 9.13. The van der Waals surface area contributed by atoms with Crippen molar-refractivity contribution in [2.24, 2.45) is 5.92 Å². The van der Waals surface area contributed by atoms with Crippen LogP contribution in [-0.4, -0.2) is 35.3 Å². The molecule has 0 bridgehead atoms. The molecule has 0 unspecified atom stereocenters. The van der Waals surface area contributed by atoms with Gasteiger partial charge in [0, 0.05) is 19.0 Å². The smallest absolute Gasteiger partial charge is 0.405 e. The Bertz CT molecular complexity index is 868. The molecule has 1 saturated heterocycles. The van der Waals surface area contributed by atoms with Gasteiger partial charge in [0.2, 0.25) is 5.91 Å². The molecule has 9 heteroatoms. The fraction of sp³-hybridized carbons (Fsp3) is 0.421. The summed E-state index contributed by atoms with van der Waals surface area (Å²) >= 11 is 0. The van der Waals surface area contributed by atoms with Crippen LogP contribution in [0.15, 0.2) is 36.8 Å². The average Bonchev–Trinajstić information content (AvgIpc) is 3.26. The predicted octanol–water partition coefficient (Wildman–Crippen LogP) is 3.72. The lowest BCUT2D eigenvalue weighted by molar-refractivity contribution is -0.274. The number of amides is 1. The molecule has 0 radical (unpaired) electrons. The summed E-state index contributed by atoms with van der Waals surface area (Å²) in [5.41, 5.74) is 0.920. The lowest BCUT2D eigenvalue weighted by Gasteiger charge is -2.19. The Hall–Kier alpha value is -2.84. The minimum atomic E-state index is -4.77. The van der Waals surface area contributed by atoms with Crippen LogP contribution in [0.5, 0.6) is 5.75 Å². The number of hydrogen-bond donors (Lipinski definition) is 1. The van der Waals surface area contributed by atoms with Crippen LogP contribution in [0.4, 0.5) is 24.7 Å². The Kier molecular flexibility index (Phi) is 4.82. The van der Waals surface area contributed by atoms with Crippen molar-refractivity contribution in [1.29, 1.82) is 0 Å². The van der Waals surface area contributed by atoms with E-state index < -0.39 is 12.3 Å².